The van der Waals surface area contributed by atoms with Gasteiger partial charge in [-0.1, -0.05) is 6.07 Å². The summed E-state index contributed by atoms with van der Waals surface area (Å²) in [6.45, 7) is 0. The molecular weight excluding hydrogens is 380 g/mol. The van der Waals surface area contributed by atoms with E-state index >= 15 is 0 Å². The van der Waals surface area contributed by atoms with Gasteiger partial charge in [-0.2, -0.15) is 16.4 Å². The molecule has 7 heteroatoms. The zero-order valence-electron chi connectivity index (χ0n) is 15.1. The van der Waals surface area contributed by atoms with E-state index in [4.69, 9.17) is 0 Å². The van der Waals surface area contributed by atoms with Crippen molar-refractivity contribution >= 4 is 33.3 Å². The maximum Gasteiger partial charge on any atom is 0.138 e. The van der Waals surface area contributed by atoms with Gasteiger partial charge in [0.25, 0.3) is 0 Å². The van der Waals surface area contributed by atoms with Crippen molar-refractivity contribution in [3.63, 3.8) is 0 Å². The van der Waals surface area contributed by atoms with Gasteiger partial charge in [0.2, 0.25) is 0 Å². The topological polar surface area (TPSA) is 83.1 Å². The molecule has 0 unspecified atom stereocenters. The highest BCUT2D eigenvalue weighted by molar-refractivity contribution is 7.08. The highest BCUT2D eigenvalue weighted by Gasteiger charge is 2.15. The van der Waals surface area contributed by atoms with E-state index in [1.165, 1.54) is 11.1 Å². The third kappa shape index (κ3) is 2.63. The molecule has 6 aromatic rings. The van der Waals surface area contributed by atoms with Crippen LogP contribution in [0.2, 0.25) is 0 Å². The number of nitrogens with zero attached hydrogens (tertiary/aromatic N) is 4. The van der Waals surface area contributed by atoms with E-state index in [1.54, 1.807) is 29.9 Å². The number of nitrogens with one attached hydrogen (secondary N) is 2. The van der Waals surface area contributed by atoms with Crippen LogP contribution in [0.15, 0.2) is 71.9 Å². The first-order valence-electron chi connectivity index (χ1n) is 9.12. The number of rotatable bonds is 3. The minimum Gasteiger partial charge on any atom is -0.338 e. The molecule has 5 aromatic heterocycles. The van der Waals surface area contributed by atoms with E-state index in [9.17, 15) is 0 Å². The first kappa shape index (κ1) is 16.1. The Morgan fingerprint density at radius 1 is 0.862 bits per heavy atom. The Morgan fingerprint density at radius 3 is 2.72 bits per heavy atom. The molecule has 29 heavy (non-hydrogen) atoms. The van der Waals surface area contributed by atoms with Crippen LogP contribution in [0.25, 0.3) is 55.7 Å². The van der Waals surface area contributed by atoms with Crippen LogP contribution in [0.5, 0.6) is 0 Å². The van der Waals surface area contributed by atoms with E-state index in [1.807, 2.05) is 18.3 Å². The van der Waals surface area contributed by atoms with Gasteiger partial charge in [-0.25, -0.2) is 4.98 Å². The molecule has 0 aliphatic heterocycles. The molecule has 0 radical (unpaired) electrons. The smallest absolute Gasteiger partial charge is 0.138 e. The van der Waals surface area contributed by atoms with Gasteiger partial charge in [-0.05, 0) is 52.2 Å². The van der Waals surface area contributed by atoms with Crippen molar-refractivity contribution in [3.8, 4) is 33.8 Å². The molecule has 0 atom stereocenters. The highest BCUT2D eigenvalue weighted by atomic mass is 32.1. The summed E-state index contributed by atoms with van der Waals surface area (Å²) in [6, 6.07) is 12.4. The molecule has 0 amide bonds. The molecule has 0 fully saturated rings. The van der Waals surface area contributed by atoms with Gasteiger partial charge in [-0.3, -0.25) is 15.1 Å². The van der Waals surface area contributed by atoms with Crippen molar-refractivity contribution in [2.24, 2.45) is 0 Å². The maximum atomic E-state index is 4.57. The minimum absolute atomic E-state index is 0.833. The van der Waals surface area contributed by atoms with Crippen molar-refractivity contribution in [2.75, 3.05) is 0 Å². The summed E-state index contributed by atoms with van der Waals surface area (Å²) in [5.41, 5.74) is 7.81. The van der Waals surface area contributed by atoms with Crippen LogP contribution in [0, 0.1) is 0 Å². The second-order valence-electron chi connectivity index (χ2n) is 6.74. The predicted molar refractivity (Wildman–Crippen MR) is 116 cm³/mol. The Hall–Kier alpha value is -3.84. The van der Waals surface area contributed by atoms with E-state index in [-0.39, 0.29) is 0 Å². The lowest BCUT2D eigenvalue weighted by Crippen LogP contribution is -1.84. The van der Waals surface area contributed by atoms with Crippen molar-refractivity contribution in [3.05, 3.63) is 71.9 Å². The molecular formula is C22H14N6S. The third-order valence-electron chi connectivity index (χ3n) is 5.04. The van der Waals surface area contributed by atoms with Gasteiger partial charge in [-0.15, -0.1) is 0 Å². The van der Waals surface area contributed by atoms with Crippen LogP contribution < -0.4 is 0 Å². The molecule has 0 saturated carbocycles. The Bertz CT molecular complexity index is 1450. The van der Waals surface area contributed by atoms with Gasteiger partial charge in [0.1, 0.15) is 11.3 Å². The van der Waals surface area contributed by atoms with Crippen LogP contribution in [-0.4, -0.2) is 30.1 Å². The molecule has 0 bridgehead atoms. The molecule has 6 nitrogen and oxygen atoms in total. The summed E-state index contributed by atoms with van der Waals surface area (Å²) in [4.78, 5) is 16.5. The normalized spacial score (nSPS) is 11.4. The van der Waals surface area contributed by atoms with Crippen molar-refractivity contribution in [1.82, 2.24) is 30.1 Å². The maximum absolute atomic E-state index is 4.57. The van der Waals surface area contributed by atoms with E-state index in [2.05, 4.69) is 65.2 Å². The number of hydrogen-bond donors (Lipinski definition) is 2. The first-order valence-corrected chi connectivity index (χ1v) is 10.1. The average Bonchev–Trinajstić information content (AvgIpc) is 3.52. The van der Waals surface area contributed by atoms with Gasteiger partial charge < -0.3 is 4.98 Å². The van der Waals surface area contributed by atoms with Crippen LogP contribution in [0.1, 0.15) is 0 Å². The predicted octanol–water partition coefficient (Wildman–Crippen LogP) is 5.29. The standard InChI is InChI=1S/C22H14N6S/c1-2-18-17(9-13(1)20-11-23-6-7-24-20)21(28-27-18)19-10-16-15(14-4-8-29-12-14)3-5-25-22(16)26-19/h1-12H,(H,25,26)(H,27,28). The summed E-state index contributed by atoms with van der Waals surface area (Å²) in [5, 5.41) is 14.0. The lowest BCUT2D eigenvalue weighted by Gasteiger charge is -2.00. The fourth-order valence-corrected chi connectivity index (χ4v) is 4.31. The highest BCUT2D eigenvalue weighted by Crippen LogP contribution is 2.34. The Kier molecular flexibility index (Phi) is 3.54. The number of pyridine rings is 1. The zero-order chi connectivity index (χ0) is 19.2. The fraction of sp³-hybridized carbons (Fsp3) is 0. The van der Waals surface area contributed by atoms with Crippen LogP contribution in [-0.2, 0) is 0 Å². The zero-order valence-corrected chi connectivity index (χ0v) is 15.9. The molecule has 6 rings (SSSR count). The third-order valence-corrected chi connectivity index (χ3v) is 5.72. The number of hydrogen-bond acceptors (Lipinski definition) is 5. The quantitative estimate of drug-likeness (QED) is 0.427. The second kappa shape index (κ2) is 6.35. The van der Waals surface area contributed by atoms with E-state index < -0.39 is 0 Å². The molecule has 0 spiro atoms. The Morgan fingerprint density at radius 2 is 1.86 bits per heavy atom. The van der Waals surface area contributed by atoms with Crippen LogP contribution >= 0.6 is 11.3 Å². The Balaban J connectivity index is 1.53. The van der Waals surface area contributed by atoms with E-state index in [0.29, 0.717) is 0 Å². The lowest BCUT2D eigenvalue weighted by atomic mass is 10.1. The van der Waals surface area contributed by atoms with Crippen molar-refractivity contribution in [1.29, 1.82) is 0 Å². The summed E-state index contributed by atoms with van der Waals surface area (Å²) < 4.78 is 0. The van der Waals surface area contributed by atoms with Gasteiger partial charge in [0.15, 0.2) is 0 Å². The summed E-state index contributed by atoms with van der Waals surface area (Å²) in [5.74, 6) is 0. The molecule has 1 aromatic carbocycles. The largest absolute Gasteiger partial charge is 0.338 e. The summed E-state index contributed by atoms with van der Waals surface area (Å²) in [6.07, 6.45) is 6.98. The van der Waals surface area contributed by atoms with Crippen LogP contribution in [0.4, 0.5) is 0 Å². The lowest BCUT2D eigenvalue weighted by molar-refractivity contribution is 1.12. The van der Waals surface area contributed by atoms with Crippen molar-refractivity contribution < 1.29 is 0 Å². The molecule has 138 valence electrons. The second-order valence-corrected chi connectivity index (χ2v) is 7.52. The number of thiophene rings is 1. The first-order chi connectivity index (χ1) is 14.4. The number of aromatic amines is 2. The van der Waals surface area contributed by atoms with Crippen LogP contribution in [0.3, 0.4) is 0 Å². The molecule has 0 aliphatic carbocycles. The number of benzene rings is 1. The average molecular weight is 394 g/mol. The fourth-order valence-electron chi connectivity index (χ4n) is 3.65. The number of aromatic nitrogens is 6. The SMILES string of the molecule is c1cnc(-c2ccc3[nH]nc(-c4cc5c(-c6ccsc6)ccnc5[nH]4)c3c2)cn1. The van der Waals surface area contributed by atoms with Gasteiger partial charge in [0, 0.05) is 34.9 Å². The molecule has 2 N–H and O–H groups in total. The monoisotopic (exact) mass is 394 g/mol. The minimum atomic E-state index is 0.833. The molecule has 0 saturated heterocycles. The molecule has 5 heterocycles. The number of fused-ring (bicyclic) bond motifs is 2. The van der Waals surface area contributed by atoms with Gasteiger partial charge >= 0.3 is 0 Å². The summed E-state index contributed by atoms with van der Waals surface area (Å²) in [7, 11) is 0. The van der Waals surface area contributed by atoms with Crippen molar-refractivity contribution in [2.45, 2.75) is 0 Å². The van der Waals surface area contributed by atoms with Gasteiger partial charge in [0.05, 0.1) is 23.1 Å². The molecule has 0 aliphatic rings. The Labute approximate surface area is 169 Å². The number of H-pyrrole nitrogens is 2. The summed E-state index contributed by atoms with van der Waals surface area (Å²) >= 11 is 1.69. The van der Waals surface area contributed by atoms with E-state index in [0.717, 1.165) is 44.6 Å².